The van der Waals surface area contributed by atoms with E-state index in [9.17, 15) is 0 Å². The first-order valence-corrected chi connectivity index (χ1v) is 1.64. The van der Waals surface area contributed by atoms with Gasteiger partial charge in [0.15, 0.2) is 0 Å². The molecule has 0 N–H and O–H groups in total. The van der Waals surface area contributed by atoms with Gasteiger partial charge in [0.25, 0.3) is 8.25 Å². The minimum atomic E-state index is -3.37. The van der Waals surface area contributed by atoms with Gasteiger partial charge in [-0.1, -0.05) is 4.57 Å². The molecule has 3 nitrogen and oxygen atoms in total. The molecule has 0 fully saturated rings. The Bertz CT molecular complexity index is 29.9. The Hall–Kier alpha value is 0.514. The monoisotopic (exact) mass is 137 g/mol. The van der Waals surface area contributed by atoms with Gasteiger partial charge in [0.05, 0.1) is 0 Å². The van der Waals surface area contributed by atoms with E-state index < -0.39 is 8.25 Å². The first-order valence-electron chi connectivity index (χ1n) is 0.548. The van der Waals surface area contributed by atoms with Gasteiger partial charge in [0, 0.05) is 0 Å². The zero-order chi connectivity index (χ0) is 3.58. The average molecular weight is 138 g/mol. The van der Waals surface area contributed by atoms with Crippen molar-refractivity contribution in [3.05, 3.63) is 0 Å². The van der Waals surface area contributed by atoms with E-state index in [1.807, 2.05) is 0 Å². The Morgan fingerprint density at radius 2 is 1.40 bits per heavy atom. The van der Waals surface area contributed by atoms with Gasteiger partial charge in [0.1, 0.15) is 0 Å². The number of rotatable bonds is 0. The topological polar surface area (TPSA) is 63.2 Å². The first kappa shape index (κ1) is 9.10. The molecule has 0 unspecified atom stereocenters. The maximum absolute atomic E-state index is 8.48. The Kier molecular flexibility index (Phi) is 8.21. The summed E-state index contributed by atoms with van der Waals surface area (Å²) >= 11 is 0. The van der Waals surface area contributed by atoms with Crippen LogP contribution in [0.3, 0.4) is 0 Å². The predicted molar refractivity (Wildman–Crippen MR) is 7.61 cm³/mol. The summed E-state index contributed by atoms with van der Waals surface area (Å²) in [6.07, 6.45) is 0. The molecule has 0 radical (unpaired) electrons. The number of hydrogen-bond donors (Lipinski definition) is 0. The fourth-order valence-corrected chi connectivity index (χ4v) is 0. The second-order valence-corrected chi connectivity index (χ2v) is 0.671. The second-order valence-electron chi connectivity index (χ2n) is 0.224. The van der Waals surface area contributed by atoms with Crippen molar-refractivity contribution in [1.29, 1.82) is 0 Å². The summed E-state index contributed by atoms with van der Waals surface area (Å²) in [7, 11) is -3.37. The van der Waals surface area contributed by atoms with E-state index in [-0.39, 0.29) is 16.5 Å². The van der Waals surface area contributed by atoms with E-state index in [4.69, 9.17) is 14.4 Å². The molecular weight excluding hydrogens is 138 g/mol. The summed E-state index contributed by atoms with van der Waals surface area (Å²) in [5.74, 6) is 0. The van der Waals surface area contributed by atoms with Gasteiger partial charge in [-0.2, -0.15) is 0 Å². The normalized spacial score (nSPS) is 5.20. The maximum atomic E-state index is 8.48. The van der Waals surface area contributed by atoms with Gasteiger partial charge in [-0.15, -0.1) is 0 Å². The molecule has 0 heterocycles. The van der Waals surface area contributed by atoms with Crippen LogP contribution >= 0.6 is 8.25 Å². The zero-order valence-electron chi connectivity index (χ0n) is 1.99. The van der Waals surface area contributed by atoms with E-state index >= 15 is 0 Å². The molecule has 0 aliphatic heterocycles. The Morgan fingerprint density at radius 1 is 1.40 bits per heavy atom. The van der Waals surface area contributed by atoms with Crippen molar-refractivity contribution in [2.45, 2.75) is 0 Å². The van der Waals surface area contributed by atoms with Crippen molar-refractivity contribution in [3.8, 4) is 0 Å². The van der Waals surface area contributed by atoms with Gasteiger partial charge in [-0.05, 0) is 0 Å². The summed E-state index contributed by atoms with van der Waals surface area (Å²) < 4.78 is 8.48. The average Bonchev–Trinajstić information content (AvgIpc) is 0.811. The van der Waals surface area contributed by atoms with Gasteiger partial charge >= 0.3 is 16.5 Å². The Balaban J connectivity index is 0. The quantitative estimate of drug-likeness (QED) is 0.297. The molecule has 0 bridgehead atoms. The van der Waals surface area contributed by atoms with Crippen LogP contribution in [-0.2, 0) is 21.1 Å². The van der Waals surface area contributed by atoms with Crippen molar-refractivity contribution in [1.82, 2.24) is 0 Å². The van der Waals surface area contributed by atoms with Crippen LogP contribution in [0.5, 0.6) is 0 Å². The molecule has 0 saturated carbocycles. The molecule has 0 saturated heterocycles. The molecule has 0 aliphatic carbocycles. The Morgan fingerprint density at radius 3 is 1.40 bits per heavy atom. The molecule has 0 amide bonds. The van der Waals surface area contributed by atoms with Crippen molar-refractivity contribution in [2.24, 2.45) is 0 Å². The summed E-state index contributed by atoms with van der Waals surface area (Å²) in [5.41, 5.74) is 0. The van der Waals surface area contributed by atoms with Crippen LogP contribution < -0.4 is 9.79 Å². The standard InChI is InChI=1S/Ni.HO3P/c;1-4(2)3/h;(H,1,2,3)/q+2;/p-1. The molecule has 0 spiro atoms. The molecule has 5 heavy (non-hydrogen) atoms. The van der Waals surface area contributed by atoms with Gasteiger partial charge in [-0.25, -0.2) is 0 Å². The van der Waals surface area contributed by atoms with Crippen LogP contribution in [0.15, 0.2) is 0 Å². The molecule has 5 heteroatoms. The third-order valence-corrected chi connectivity index (χ3v) is 0. The minimum absolute atomic E-state index is 0. The molecule has 0 aliphatic rings. The summed E-state index contributed by atoms with van der Waals surface area (Å²) in [6.45, 7) is 0. The van der Waals surface area contributed by atoms with E-state index in [1.165, 1.54) is 0 Å². The summed E-state index contributed by atoms with van der Waals surface area (Å²) in [6, 6.07) is 0. The van der Waals surface area contributed by atoms with Crippen LogP contribution in [0, 0.1) is 0 Å². The molecule has 32 valence electrons. The third-order valence-electron chi connectivity index (χ3n) is 0. The molecule has 0 rings (SSSR count). The SMILES string of the molecule is O=[P+]([O-])[O-].[Ni+2]. The van der Waals surface area contributed by atoms with Gasteiger partial charge < -0.3 is 9.79 Å². The summed E-state index contributed by atoms with van der Waals surface area (Å²) in [4.78, 5) is 17.0. The molecule has 0 aromatic rings. The molecule has 0 aromatic carbocycles. The van der Waals surface area contributed by atoms with Crippen LogP contribution in [0.2, 0.25) is 0 Å². The third kappa shape index (κ3) is 108. The smallest absolute Gasteiger partial charge is 0.598 e. The minimum Gasteiger partial charge on any atom is -0.598 e. The van der Waals surface area contributed by atoms with Crippen LogP contribution in [-0.4, -0.2) is 0 Å². The fraction of sp³-hybridized carbons (Fsp3) is 0. The largest absolute Gasteiger partial charge is 2.00 e. The van der Waals surface area contributed by atoms with Crippen molar-refractivity contribution in [2.75, 3.05) is 0 Å². The van der Waals surface area contributed by atoms with E-state index in [2.05, 4.69) is 0 Å². The van der Waals surface area contributed by atoms with Crippen molar-refractivity contribution in [3.63, 3.8) is 0 Å². The van der Waals surface area contributed by atoms with Crippen LogP contribution in [0.1, 0.15) is 0 Å². The van der Waals surface area contributed by atoms with Crippen LogP contribution in [0.4, 0.5) is 0 Å². The van der Waals surface area contributed by atoms with Crippen LogP contribution in [0.25, 0.3) is 0 Å². The van der Waals surface area contributed by atoms with E-state index in [0.29, 0.717) is 0 Å². The fourth-order valence-electron chi connectivity index (χ4n) is 0. The van der Waals surface area contributed by atoms with Gasteiger partial charge in [0.2, 0.25) is 0 Å². The Labute approximate surface area is 39.9 Å². The van der Waals surface area contributed by atoms with E-state index in [1.54, 1.807) is 0 Å². The summed E-state index contributed by atoms with van der Waals surface area (Å²) in [5, 5.41) is 0. The number of hydrogen-bond acceptors (Lipinski definition) is 3. The second kappa shape index (κ2) is 4.51. The molecular formula is NiO3P+. The molecule has 0 atom stereocenters. The van der Waals surface area contributed by atoms with Crippen molar-refractivity contribution >= 4 is 8.25 Å². The molecule has 0 aromatic heterocycles. The van der Waals surface area contributed by atoms with Gasteiger partial charge in [-0.3, -0.25) is 0 Å². The predicted octanol–water partition coefficient (Wildman–Crippen LogP) is -1.64. The van der Waals surface area contributed by atoms with Crippen molar-refractivity contribution < 1.29 is 30.8 Å². The zero-order valence-corrected chi connectivity index (χ0v) is 3.87. The van der Waals surface area contributed by atoms with E-state index in [0.717, 1.165) is 0 Å². The first-order chi connectivity index (χ1) is 1.73. The maximum Gasteiger partial charge on any atom is 2.00 e.